The number of rotatable bonds is 12. The number of carbonyl (C=O) groups is 1. The van der Waals surface area contributed by atoms with Gasteiger partial charge in [0.05, 0.1) is 12.2 Å². The Morgan fingerprint density at radius 1 is 0.750 bits per heavy atom. The van der Waals surface area contributed by atoms with Gasteiger partial charge in [-0.25, -0.2) is 4.79 Å². The minimum Gasteiger partial charge on any atom is -0.462 e. The fraction of sp³-hybridized carbons (Fsp3) is 0.767. The van der Waals surface area contributed by atoms with E-state index in [1.165, 1.54) is 89.0 Å². The van der Waals surface area contributed by atoms with E-state index in [4.69, 9.17) is 4.74 Å². The minimum absolute atomic E-state index is 0.182. The maximum atomic E-state index is 12.1. The first-order chi connectivity index (χ1) is 15.7. The van der Waals surface area contributed by atoms with Gasteiger partial charge in [-0.1, -0.05) is 83.8 Å². The van der Waals surface area contributed by atoms with Crippen LogP contribution in [0.4, 0.5) is 0 Å². The van der Waals surface area contributed by atoms with Crippen molar-refractivity contribution in [1.82, 2.24) is 0 Å². The second kappa shape index (κ2) is 14.1. The summed E-state index contributed by atoms with van der Waals surface area (Å²) < 4.78 is 5.31. The highest BCUT2D eigenvalue weighted by molar-refractivity contribution is 5.89. The first-order valence-electron chi connectivity index (χ1n) is 14.0. The average molecular weight is 441 g/mol. The molecule has 0 aliphatic heterocycles. The van der Waals surface area contributed by atoms with E-state index in [1.54, 1.807) is 0 Å². The van der Waals surface area contributed by atoms with Crippen molar-refractivity contribution in [2.24, 2.45) is 23.7 Å². The number of benzene rings is 1. The summed E-state index contributed by atoms with van der Waals surface area (Å²) in [6.45, 7) is 4.95. The molecule has 0 amide bonds. The van der Waals surface area contributed by atoms with Crippen LogP contribution in [0.3, 0.4) is 0 Å². The van der Waals surface area contributed by atoms with E-state index >= 15 is 0 Å². The van der Waals surface area contributed by atoms with Crippen LogP contribution in [-0.4, -0.2) is 12.6 Å². The maximum Gasteiger partial charge on any atom is 0.338 e. The fourth-order valence-corrected chi connectivity index (χ4v) is 6.15. The predicted molar refractivity (Wildman–Crippen MR) is 135 cm³/mol. The Balaban J connectivity index is 1.31. The first kappa shape index (κ1) is 25.3. The Morgan fingerprint density at radius 3 is 1.88 bits per heavy atom. The standard InChI is InChI=1S/C30H48O2/c1-3-5-7-8-24-11-17-27(18-12-24)28-19-13-25(14-20-28)9-10-26-15-21-29(22-16-26)30(31)32-23-6-4-2/h15-16,21-22,24-25,27-28H,3-14,17-20,23H2,1-2H3/t24-,25?,27-,28?. The molecule has 0 aromatic heterocycles. The summed E-state index contributed by atoms with van der Waals surface area (Å²) in [6.07, 6.45) is 22.0. The third-order valence-electron chi connectivity index (χ3n) is 8.43. The summed E-state index contributed by atoms with van der Waals surface area (Å²) in [7, 11) is 0. The van der Waals surface area contributed by atoms with Gasteiger partial charge in [-0.15, -0.1) is 0 Å². The Hall–Kier alpha value is -1.31. The highest BCUT2D eigenvalue weighted by Crippen LogP contribution is 2.43. The highest BCUT2D eigenvalue weighted by Gasteiger charge is 2.30. The van der Waals surface area contributed by atoms with Crippen molar-refractivity contribution in [3.8, 4) is 0 Å². The smallest absolute Gasteiger partial charge is 0.338 e. The van der Waals surface area contributed by atoms with Crippen LogP contribution in [0.25, 0.3) is 0 Å². The molecule has 0 bridgehead atoms. The molecule has 0 radical (unpaired) electrons. The van der Waals surface area contributed by atoms with Crippen LogP contribution in [-0.2, 0) is 11.2 Å². The molecule has 32 heavy (non-hydrogen) atoms. The molecule has 1 aromatic carbocycles. The van der Waals surface area contributed by atoms with Crippen molar-refractivity contribution in [3.05, 3.63) is 35.4 Å². The third-order valence-corrected chi connectivity index (χ3v) is 8.43. The van der Waals surface area contributed by atoms with Gasteiger partial charge in [0.25, 0.3) is 0 Å². The van der Waals surface area contributed by atoms with Gasteiger partial charge in [-0.05, 0) is 86.3 Å². The molecule has 180 valence electrons. The van der Waals surface area contributed by atoms with Crippen LogP contribution >= 0.6 is 0 Å². The zero-order valence-electron chi connectivity index (χ0n) is 21.0. The van der Waals surface area contributed by atoms with Crippen LogP contribution < -0.4 is 0 Å². The normalized spacial score (nSPS) is 26.1. The number of unbranched alkanes of at least 4 members (excludes halogenated alkanes) is 3. The van der Waals surface area contributed by atoms with Crippen molar-refractivity contribution in [3.63, 3.8) is 0 Å². The SMILES string of the molecule is CCCCC[C@H]1CC[C@H](C2CCC(CCc3ccc(C(=O)OCCCC)cc3)CC2)CC1. The molecule has 0 heterocycles. The number of esters is 1. The van der Waals surface area contributed by atoms with Gasteiger partial charge < -0.3 is 4.74 Å². The first-order valence-corrected chi connectivity index (χ1v) is 14.0. The van der Waals surface area contributed by atoms with E-state index in [-0.39, 0.29) is 5.97 Å². The molecule has 3 rings (SSSR count). The van der Waals surface area contributed by atoms with E-state index in [0.717, 1.165) is 42.9 Å². The Morgan fingerprint density at radius 2 is 1.31 bits per heavy atom. The summed E-state index contributed by atoms with van der Waals surface area (Å²) >= 11 is 0. The lowest BCUT2D eigenvalue weighted by molar-refractivity contribution is 0.0499. The number of ether oxygens (including phenoxy) is 1. The summed E-state index contributed by atoms with van der Waals surface area (Å²) in [4.78, 5) is 12.1. The predicted octanol–water partition coefficient (Wildman–Crippen LogP) is 8.77. The van der Waals surface area contributed by atoms with Crippen molar-refractivity contribution >= 4 is 5.97 Å². The molecule has 2 aliphatic rings. The molecule has 2 fully saturated rings. The van der Waals surface area contributed by atoms with E-state index in [2.05, 4.69) is 26.0 Å². The molecule has 2 nitrogen and oxygen atoms in total. The molecule has 0 N–H and O–H groups in total. The molecule has 0 saturated heterocycles. The largest absolute Gasteiger partial charge is 0.462 e. The van der Waals surface area contributed by atoms with Gasteiger partial charge in [0, 0.05) is 0 Å². The monoisotopic (exact) mass is 440 g/mol. The van der Waals surface area contributed by atoms with E-state index in [1.807, 2.05) is 12.1 Å². The number of aryl methyl sites for hydroxylation is 1. The zero-order chi connectivity index (χ0) is 22.6. The van der Waals surface area contributed by atoms with Gasteiger partial charge in [0.1, 0.15) is 0 Å². The van der Waals surface area contributed by atoms with Crippen molar-refractivity contribution in [2.75, 3.05) is 6.61 Å². The molecular weight excluding hydrogens is 392 g/mol. The van der Waals surface area contributed by atoms with Gasteiger partial charge in [0.2, 0.25) is 0 Å². The van der Waals surface area contributed by atoms with Gasteiger partial charge in [-0.2, -0.15) is 0 Å². The summed E-state index contributed by atoms with van der Waals surface area (Å²) in [5, 5.41) is 0. The number of carbonyl (C=O) groups excluding carboxylic acids is 1. The lowest BCUT2D eigenvalue weighted by Gasteiger charge is -2.38. The van der Waals surface area contributed by atoms with E-state index < -0.39 is 0 Å². The van der Waals surface area contributed by atoms with Crippen molar-refractivity contribution in [1.29, 1.82) is 0 Å². The van der Waals surface area contributed by atoms with Crippen LogP contribution in [0, 0.1) is 23.7 Å². The molecule has 2 aliphatic carbocycles. The molecule has 0 spiro atoms. The van der Waals surface area contributed by atoms with Gasteiger partial charge >= 0.3 is 5.97 Å². The summed E-state index contributed by atoms with van der Waals surface area (Å²) in [6, 6.07) is 8.14. The fourth-order valence-electron chi connectivity index (χ4n) is 6.15. The van der Waals surface area contributed by atoms with Gasteiger partial charge in [0.15, 0.2) is 0 Å². The van der Waals surface area contributed by atoms with Crippen LogP contribution in [0.2, 0.25) is 0 Å². The molecule has 1 aromatic rings. The Labute approximate surface area is 197 Å². The quantitative estimate of drug-likeness (QED) is 0.240. The summed E-state index contributed by atoms with van der Waals surface area (Å²) in [5.41, 5.74) is 2.05. The Bertz CT molecular complexity index is 633. The lowest BCUT2D eigenvalue weighted by atomic mass is 9.68. The number of hydrogen-bond donors (Lipinski definition) is 0. The van der Waals surface area contributed by atoms with E-state index in [9.17, 15) is 4.79 Å². The highest BCUT2D eigenvalue weighted by atomic mass is 16.5. The summed E-state index contributed by atoms with van der Waals surface area (Å²) in [5.74, 6) is 3.80. The third kappa shape index (κ3) is 8.23. The number of hydrogen-bond acceptors (Lipinski definition) is 2. The second-order valence-corrected chi connectivity index (χ2v) is 10.8. The molecular formula is C30H48O2. The van der Waals surface area contributed by atoms with E-state index in [0.29, 0.717) is 12.2 Å². The average Bonchev–Trinajstić information content (AvgIpc) is 2.84. The molecule has 2 heteroatoms. The lowest BCUT2D eigenvalue weighted by Crippen LogP contribution is -2.26. The zero-order valence-corrected chi connectivity index (χ0v) is 21.0. The second-order valence-electron chi connectivity index (χ2n) is 10.8. The van der Waals surface area contributed by atoms with Crippen molar-refractivity contribution < 1.29 is 9.53 Å². The van der Waals surface area contributed by atoms with Crippen LogP contribution in [0.15, 0.2) is 24.3 Å². The van der Waals surface area contributed by atoms with Crippen molar-refractivity contribution in [2.45, 2.75) is 117 Å². The minimum atomic E-state index is -0.182. The topological polar surface area (TPSA) is 26.3 Å². The maximum absolute atomic E-state index is 12.1. The molecule has 0 unspecified atom stereocenters. The Kier molecular flexibility index (Phi) is 11.1. The molecule has 0 atom stereocenters. The van der Waals surface area contributed by atoms with Crippen LogP contribution in [0.1, 0.15) is 126 Å². The van der Waals surface area contributed by atoms with Gasteiger partial charge in [-0.3, -0.25) is 0 Å². The van der Waals surface area contributed by atoms with Crippen LogP contribution in [0.5, 0.6) is 0 Å². The molecule has 2 saturated carbocycles.